The summed E-state index contributed by atoms with van der Waals surface area (Å²) in [5.41, 5.74) is -0.119. The van der Waals surface area contributed by atoms with Crippen LogP contribution in [0.2, 0.25) is 0 Å². The minimum Gasteiger partial charge on any atom is -0.258 e. The highest BCUT2D eigenvalue weighted by Gasteiger charge is 2.36. The molecule has 112 valence electrons. The maximum Gasteiger partial charge on any atom is 0.285 e. The van der Waals surface area contributed by atoms with Gasteiger partial charge in [0.2, 0.25) is 0 Å². The zero-order valence-electron chi connectivity index (χ0n) is 11.9. The number of rotatable bonds is 4. The van der Waals surface area contributed by atoms with E-state index in [0.717, 1.165) is 19.3 Å². The molecule has 0 aromatic heterocycles. The third kappa shape index (κ3) is 3.30. The summed E-state index contributed by atoms with van der Waals surface area (Å²) in [5, 5.41) is 20.1. The van der Waals surface area contributed by atoms with E-state index in [4.69, 9.17) is 0 Å². The predicted octanol–water partition coefficient (Wildman–Crippen LogP) is 3.42. The molecule has 4 unspecified atom stereocenters. The molecular weight excluding hydrogens is 288 g/mol. The Morgan fingerprint density at radius 3 is 2.76 bits per heavy atom. The minimum absolute atomic E-state index is 0.119. The van der Waals surface area contributed by atoms with Crippen molar-refractivity contribution in [3.05, 3.63) is 34.4 Å². The SMILES string of the molecule is CCC1CCC(C#N)C(S(=O)c2ccccc2[N+](=O)[O-])C1. The first-order valence-corrected chi connectivity index (χ1v) is 8.33. The Morgan fingerprint density at radius 1 is 1.43 bits per heavy atom. The first kappa shape index (κ1) is 15.6. The van der Waals surface area contributed by atoms with Gasteiger partial charge in [-0.3, -0.25) is 14.3 Å². The zero-order valence-corrected chi connectivity index (χ0v) is 12.7. The minimum atomic E-state index is -1.52. The molecule has 1 aromatic rings. The lowest BCUT2D eigenvalue weighted by atomic mass is 9.81. The second-order valence-corrected chi connectivity index (χ2v) is 7.02. The molecule has 0 heterocycles. The predicted molar refractivity (Wildman–Crippen MR) is 80.0 cm³/mol. The van der Waals surface area contributed by atoms with Crippen LogP contribution in [0.4, 0.5) is 5.69 Å². The maximum atomic E-state index is 12.8. The standard InChI is InChI=1S/C15H18N2O3S/c1-2-11-7-8-12(10-16)15(9-11)21(20)14-6-4-3-5-13(14)17(18)19/h3-6,11-12,15H,2,7-9H2,1H3. The fourth-order valence-corrected chi connectivity index (χ4v) is 4.74. The van der Waals surface area contributed by atoms with Crippen LogP contribution in [0.25, 0.3) is 0 Å². The van der Waals surface area contributed by atoms with E-state index in [1.54, 1.807) is 12.1 Å². The highest BCUT2D eigenvalue weighted by Crippen LogP contribution is 2.37. The van der Waals surface area contributed by atoms with Crippen molar-refractivity contribution >= 4 is 16.5 Å². The van der Waals surface area contributed by atoms with E-state index in [2.05, 4.69) is 13.0 Å². The van der Waals surface area contributed by atoms with Gasteiger partial charge in [0.05, 0.1) is 33.0 Å². The van der Waals surface area contributed by atoms with Gasteiger partial charge < -0.3 is 0 Å². The molecule has 1 saturated carbocycles. The van der Waals surface area contributed by atoms with E-state index in [1.807, 2.05) is 0 Å². The van der Waals surface area contributed by atoms with Crippen LogP contribution in [-0.4, -0.2) is 14.4 Å². The summed E-state index contributed by atoms with van der Waals surface area (Å²) in [7, 11) is -1.52. The normalized spacial score (nSPS) is 26.8. The molecule has 4 atom stereocenters. The summed E-state index contributed by atoms with van der Waals surface area (Å²) in [6, 6.07) is 8.37. The number of hydrogen-bond acceptors (Lipinski definition) is 4. The van der Waals surface area contributed by atoms with Gasteiger partial charge >= 0.3 is 0 Å². The summed E-state index contributed by atoms with van der Waals surface area (Å²) in [5.74, 6) is 0.166. The summed E-state index contributed by atoms with van der Waals surface area (Å²) in [6.45, 7) is 2.09. The van der Waals surface area contributed by atoms with E-state index >= 15 is 0 Å². The second-order valence-electron chi connectivity index (χ2n) is 5.38. The highest BCUT2D eigenvalue weighted by atomic mass is 32.2. The number of benzene rings is 1. The van der Waals surface area contributed by atoms with Crippen molar-refractivity contribution < 1.29 is 9.13 Å². The van der Waals surface area contributed by atoms with Crippen LogP contribution in [0.3, 0.4) is 0 Å². The molecule has 1 aliphatic carbocycles. The lowest BCUT2D eigenvalue weighted by molar-refractivity contribution is -0.387. The van der Waals surface area contributed by atoms with Crippen LogP contribution >= 0.6 is 0 Å². The zero-order chi connectivity index (χ0) is 15.4. The molecule has 6 heteroatoms. The lowest BCUT2D eigenvalue weighted by Crippen LogP contribution is -2.32. The molecule has 0 N–H and O–H groups in total. The first-order chi connectivity index (χ1) is 10.1. The molecule has 0 saturated heterocycles. The van der Waals surface area contributed by atoms with E-state index < -0.39 is 15.7 Å². The van der Waals surface area contributed by atoms with Crippen molar-refractivity contribution in [3.8, 4) is 6.07 Å². The number of nitriles is 1. The number of nitro groups is 1. The highest BCUT2D eigenvalue weighted by molar-refractivity contribution is 7.85. The number of hydrogen-bond donors (Lipinski definition) is 0. The van der Waals surface area contributed by atoms with Crippen LogP contribution in [0.15, 0.2) is 29.2 Å². The molecular formula is C15H18N2O3S. The van der Waals surface area contributed by atoms with Crippen LogP contribution in [0.1, 0.15) is 32.6 Å². The van der Waals surface area contributed by atoms with Gasteiger partial charge in [-0.15, -0.1) is 0 Å². The molecule has 1 aliphatic rings. The van der Waals surface area contributed by atoms with Gasteiger partial charge in [0.1, 0.15) is 4.90 Å². The Labute approximate surface area is 126 Å². The number of nitro benzene ring substituents is 1. The largest absolute Gasteiger partial charge is 0.285 e. The quantitative estimate of drug-likeness (QED) is 0.630. The Balaban J connectivity index is 2.33. The molecule has 0 aliphatic heterocycles. The van der Waals surface area contributed by atoms with Gasteiger partial charge in [0.25, 0.3) is 5.69 Å². The van der Waals surface area contributed by atoms with Crippen molar-refractivity contribution in [3.63, 3.8) is 0 Å². The van der Waals surface area contributed by atoms with Crippen LogP contribution in [-0.2, 0) is 10.8 Å². The Bertz CT molecular complexity index is 597. The Kier molecular flexibility index (Phi) is 5.07. The van der Waals surface area contributed by atoms with Gasteiger partial charge in [-0.2, -0.15) is 5.26 Å². The number of nitrogens with zero attached hydrogens (tertiary/aromatic N) is 2. The average molecular weight is 306 g/mol. The second kappa shape index (κ2) is 6.81. The summed E-state index contributed by atoms with van der Waals surface area (Å²) in [6.07, 6.45) is 3.39. The summed E-state index contributed by atoms with van der Waals surface area (Å²) in [4.78, 5) is 10.8. The Hall–Kier alpha value is -1.74. The van der Waals surface area contributed by atoms with Crippen LogP contribution in [0, 0.1) is 33.3 Å². The van der Waals surface area contributed by atoms with Crippen LogP contribution < -0.4 is 0 Å². The topological polar surface area (TPSA) is 84.0 Å². The smallest absolute Gasteiger partial charge is 0.258 e. The van der Waals surface area contributed by atoms with Gasteiger partial charge in [-0.05, 0) is 31.2 Å². The fourth-order valence-electron chi connectivity index (χ4n) is 2.91. The van der Waals surface area contributed by atoms with Gasteiger partial charge in [-0.25, -0.2) is 0 Å². The van der Waals surface area contributed by atoms with E-state index in [9.17, 15) is 19.6 Å². The maximum absolute atomic E-state index is 12.8. The average Bonchev–Trinajstić information content (AvgIpc) is 2.53. The molecule has 0 bridgehead atoms. The molecule has 5 nitrogen and oxygen atoms in total. The Morgan fingerprint density at radius 2 is 2.14 bits per heavy atom. The van der Waals surface area contributed by atoms with E-state index in [0.29, 0.717) is 12.3 Å². The third-order valence-electron chi connectivity index (χ3n) is 4.20. The molecule has 0 radical (unpaired) electrons. The van der Waals surface area contributed by atoms with Crippen molar-refractivity contribution in [1.82, 2.24) is 0 Å². The van der Waals surface area contributed by atoms with Crippen molar-refractivity contribution in [2.45, 2.75) is 42.8 Å². The molecule has 0 spiro atoms. The third-order valence-corrected chi connectivity index (χ3v) is 6.05. The monoisotopic (exact) mass is 306 g/mol. The molecule has 0 amide bonds. The molecule has 1 fully saturated rings. The summed E-state index contributed by atoms with van der Waals surface area (Å²) < 4.78 is 12.8. The van der Waals surface area contributed by atoms with Gasteiger partial charge in [0.15, 0.2) is 0 Å². The fraction of sp³-hybridized carbons (Fsp3) is 0.533. The van der Waals surface area contributed by atoms with Crippen molar-refractivity contribution in [1.29, 1.82) is 5.26 Å². The van der Waals surface area contributed by atoms with Gasteiger partial charge in [-0.1, -0.05) is 25.5 Å². The molecule has 2 rings (SSSR count). The van der Waals surface area contributed by atoms with Crippen LogP contribution in [0.5, 0.6) is 0 Å². The van der Waals surface area contributed by atoms with E-state index in [-0.39, 0.29) is 21.8 Å². The van der Waals surface area contributed by atoms with Crippen molar-refractivity contribution in [2.24, 2.45) is 11.8 Å². The summed E-state index contributed by atoms with van der Waals surface area (Å²) >= 11 is 0. The van der Waals surface area contributed by atoms with Gasteiger partial charge in [0, 0.05) is 6.07 Å². The lowest BCUT2D eigenvalue weighted by Gasteiger charge is -2.31. The first-order valence-electron chi connectivity index (χ1n) is 7.12. The van der Waals surface area contributed by atoms with Crippen molar-refractivity contribution in [2.75, 3.05) is 0 Å². The van der Waals surface area contributed by atoms with E-state index in [1.165, 1.54) is 12.1 Å². The molecule has 1 aromatic carbocycles. The number of para-hydroxylation sites is 1. The molecule has 21 heavy (non-hydrogen) atoms.